The van der Waals surface area contributed by atoms with Crippen LogP contribution in [0.1, 0.15) is 12.8 Å². The van der Waals surface area contributed by atoms with Crippen molar-refractivity contribution in [2.75, 3.05) is 24.3 Å². The Morgan fingerprint density at radius 1 is 1.50 bits per heavy atom. The molecule has 0 saturated heterocycles. The first-order valence-electron chi connectivity index (χ1n) is 5.86. The van der Waals surface area contributed by atoms with E-state index in [-0.39, 0.29) is 6.61 Å². The Morgan fingerprint density at radius 3 is 3.00 bits per heavy atom. The van der Waals surface area contributed by atoms with Crippen LogP contribution >= 0.6 is 23.1 Å². The highest BCUT2D eigenvalue weighted by atomic mass is 32.2. The van der Waals surface area contributed by atoms with Gasteiger partial charge in [0.15, 0.2) is 15.8 Å². The first-order chi connectivity index (χ1) is 8.83. The molecule has 7 heteroatoms. The predicted molar refractivity (Wildman–Crippen MR) is 74.4 cm³/mol. The highest BCUT2D eigenvalue weighted by molar-refractivity contribution is 8.00. The average molecular weight is 282 g/mol. The number of aliphatic hydroxyl groups excluding tert-OH is 1. The third kappa shape index (κ3) is 2.17. The number of thioether (sulfide) groups is 1. The van der Waals surface area contributed by atoms with Crippen LogP contribution in [0, 0.1) is 0 Å². The third-order valence-corrected chi connectivity index (χ3v) is 4.95. The molecule has 1 N–H and O–H groups in total. The van der Waals surface area contributed by atoms with Gasteiger partial charge < -0.3 is 10.0 Å². The number of fused-ring (bicyclic) bond motifs is 1. The van der Waals surface area contributed by atoms with Crippen molar-refractivity contribution in [3.05, 3.63) is 6.33 Å². The lowest BCUT2D eigenvalue weighted by atomic mass is 10.4. The van der Waals surface area contributed by atoms with Gasteiger partial charge in [-0.1, -0.05) is 11.8 Å². The molecule has 2 aromatic heterocycles. The van der Waals surface area contributed by atoms with Crippen molar-refractivity contribution in [1.82, 2.24) is 15.0 Å². The molecule has 1 saturated carbocycles. The highest BCUT2D eigenvalue weighted by Crippen LogP contribution is 2.37. The minimum Gasteiger partial charge on any atom is -0.395 e. The summed E-state index contributed by atoms with van der Waals surface area (Å²) in [4.78, 5) is 15.3. The molecule has 96 valence electrons. The normalized spacial score (nSPS) is 15.2. The van der Waals surface area contributed by atoms with Crippen LogP contribution in [0.2, 0.25) is 0 Å². The summed E-state index contributed by atoms with van der Waals surface area (Å²) in [5.74, 6) is 0.925. The fourth-order valence-corrected chi connectivity index (χ4v) is 3.49. The number of nitrogens with zero attached hydrogens (tertiary/aromatic N) is 4. The number of thiazole rings is 1. The average Bonchev–Trinajstić information content (AvgIpc) is 3.13. The van der Waals surface area contributed by atoms with E-state index in [1.165, 1.54) is 12.8 Å². The van der Waals surface area contributed by atoms with Crippen LogP contribution in [-0.2, 0) is 0 Å². The molecule has 0 spiro atoms. The van der Waals surface area contributed by atoms with Crippen molar-refractivity contribution >= 4 is 39.3 Å². The molecule has 3 rings (SSSR count). The van der Waals surface area contributed by atoms with Crippen LogP contribution in [0.5, 0.6) is 0 Å². The van der Waals surface area contributed by atoms with Gasteiger partial charge in [0, 0.05) is 12.6 Å². The largest absolute Gasteiger partial charge is 0.395 e. The maximum absolute atomic E-state index is 9.20. The molecule has 0 unspecified atom stereocenters. The SMILES string of the molecule is CSc1nc2ncnc(N(CCO)C3CC3)c2s1. The zero-order valence-electron chi connectivity index (χ0n) is 10.0. The Hall–Kier alpha value is -0.920. The smallest absolute Gasteiger partial charge is 0.176 e. The molecule has 0 aromatic carbocycles. The molecule has 2 heterocycles. The fourth-order valence-electron chi connectivity index (χ4n) is 1.97. The Balaban J connectivity index is 2.05. The maximum Gasteiger partial charge on any atom is 0.176 e. The molecule has 1 aliphatic carbocycles. The molecular weight excluding hydrogens is 268 g/mol. The van der Waals surface area contributed by atoms with Crippen LogP contribution in [0.15, 0.2) is 10.7 Å². The molecular formula is C11H14N4OS2. The number of hydrogen-bond acceptors (Lipinski definition) is 7. The maximum atomic E-state index is 9.20. The summed E-state index contributed by atoms with van der Waals surface area (Å²) in [6, 6.07) is 0.523. The van der Waals surface area contributed by atoms with Crippen molar-refractivity contribution < 1.29 is 5.11 Å². The van der Waals surface area contributed by atoms with Gasteiger partial charge in [-0.3, -0.25) is 0 Å². The van der Waals surface area contributed by atoms with Crippen LogP contribution in [-0.4, -0.2) is 45.5 Å². The van der Waals surface area contributed by atoms with Crippen molar-refractivity contribution in [2.24, 2.45) is 0 Å². The molecule has 0 amide bonds. The number of aromatic nitrogens is 3. The second-order valence-corrected chi connectivity index (χ2v) is 6.23. The molecule has 2 aromatic rings. The van der Waals surface area contributed by atoms with Gasteiger partial charge in [-0.2, -0.15) is 0 Å². The summed E-state index contributed by atoms with van der Waals surface area (Å²) in [5, 5.41) is 9.20. The number of hydrogen-bond donors (Lipinski definition) is 1. The van der Waals surface area contributed by atoms with Crippen LogP contribution in [0.25, 0.3) is 10.3 Å². The van der Waals surface area contributed by atoms with E-state index in [1.807, 2.05) is 6.26 Å². The van der Waals surface area contributed by atoms with Crippen LogP contribution in [0.4, 0.5) is 5.82 Å². The Morgan fingerprint density at radius 2 is 2.33 bits per heavy atom. The van der Waals surface area contributed by atoms with Gasteiger partial charge in [-0.05, 0) is 19.1 Å². The van der Waals surface area contributed by atoms with Crippen molar-refractivity contribution in [1.29, 1.82) is 0 Å². The Labute approximate surface area is 113 Å². The third-order valence-electron chi connectivity index (χ3n) is 2.93. The molecule has 1 aliphatic rings. The molecule has 5 nitrogen and oxygen atoms in total. The lowest BCUT2D eigenvalue weighted by Crippen LogP contribution is -2.29. The zero-order valence-corrected chi connectivity index (χ0v) is 11.7. The molecule has 0 radical (unpaired) electrons. The van der Waals surface area contributed by atoms with E-state index < -0.39 is 0 Å². The molecule has 0 aliphatic heterocycles. The predicted octanol–water partition coefficient (Wildman–Crippen LogP) is 1.77. The first-order valence-corrected chi connectivity index (χ1v) is 7.90. The van der Waals surface area contributed by atoms with Gasteiger partial charge in [0.2, 0.25) is 0 Å². The molecule has 0 atom stereocenters. The number of aliphatic hydroxyl groups is 1. The molecule has 18 heavy (non-hydrogen) atoms. The summed E-state index contributed by atoms with van der Waals surface area (Å²) in [7, 11) is 0. The summed E-state index contributed by atoms with van der Waals surface area (Å²) >= 11 is 3.25. The lowest BCUT2D eigenvalue weighted by Gasteiger charge is -2.22. The molecule has 1 fully saturated rings. The first kappa shape index (κ1) is 12.1. The number of rotatable bonds is 5. The fraction of sp³-hybridized carbons (Fsp3) is 0.545. The molecule has 0 bridgehead atoms. The Bertz CT molecular complexity index is 555. The summed E-state index contributed by atoms with van der Waals surface area (Å²) in [5.41, 5.74) is 0.762. The van der Waals surface area contributed by atoms with Gasteiger partial charge in [-0.25, -0.2) is 15.0 Å². The van der Waals surface area contributed by atoms with E-state index in [2.05, 4.69) is 19.9 Å². The van der Waals surface area contributed by atoms with Gasteiger partial charge in [0.05, 0.1) is 6.61 Å². The Kier molecular flexibility index (Phi) is 3.36. The van der Waals surface area contributed by atoms with E-state index in [0.717, 1.165) is 20.5 Å². The second kappa shape index (κ2) is 4.99. The standard InChI is InChI=1S/C11H14N4OS2/c1-17-11-14-9-8(18-11)10(13-6-12-9)15(4-5-16)7-2-3-7/h6-7,16H,2-5H2,1H3. The van der Waals surface area contributed by atoms with Gasteiger partial charge in [0.1, 0.15) is 11.0 Å². The van der Waals surface area contributed by atoms with E-state index in [0.29, 0.717) is 12.6 Å². The van der Waals surface area contributed by atoms with Crippen molar-refractivity contribution in [3.8, 4) is 0 Å². The minimum atomic E-state index is 0.149. The van der Waals surface area contributed by atoms with E-state index in [4.69, 9.17) is 0 Å². The number of anilines is 1. The van der Waals surface area contributed by atoms with Gasteiger partial charge in [-0.15, -0.1) is 11.3 Å². The van der Waals surface area contributed by atoms with Crippen LogP contribution < -0.4 is 4.90 Å². The van der Waals surface area contributed by atoms with Crippen molar-refractivity contribution in [2.45, 2.75) is 23.2 Å². The van der Waals surface area contributed by atoms with E-state index >= 15 is 0 Å². The second-order valence-electron chi connectivity index (χ2n) is 4.18. The van der Waals surface area contributed by atoms with Crippen LogP contribution in [0.3, 0.4) is 0 Å². The van der Waals surface area contributed by atoms with E-state index in [1.54, 1.807) is 29.4 Å². The minimum absolute atomic E-state index is 0.149. The topological polar surface area (TPSA) is 62.1 Å². The highest BCUT2D eigenvalue weighted by Gasteiger charge is 2.31. The zero-order chi connectivity index (χ0) is 12.5. The van der Waals surface area contributed by atoms with E-state index in [9.17, 15) is 5.11 Å². The quantitative estimate of drug-likeness (QED) is 0.843. The monoisotopic (exact) mass is 282 g/mol. The summed E-state index contributed by atoms with van der Waals surface area (Å²) in [6.07, 6.45) is 5.94. The van der Waals surface area contributed by atoms with Crippen molar-refractivity contribution in [3.63, 3.8) is 0 Å². The lowest BCUT2D eigenvalue weighted by molar-refractivity contribution is 0.301. The summed E-state index contributed by atoms with van der Waals surface area (Å²) in [6.45, 7) is 0.777. The van der Waals surface area contributed by atoms with Gasteiger partial charge in [0.25, 0.3) is 0 Å². The summed E-state index contributed by atoms with van der Waals surface area (Å²) < 4.78 is 2.04. The van der Waals surface area contributed by atoms with Gasteiger partial charge >= 0.3 is 0 Å².